The van der Waals surface area contributed by atoms with Crippen LogP contribution in [0.2, 0.25) is 0 Å². The first-order chi connectivity index (χ1) is 5.47. The standard InChI is InChI=1S/C9H12.C2H6/c1-2-5-9-7-3-6-8(9)4-1;1-2/h1,4H,2-3,5-7H2;1-2H3. The molecule has 0 heteroatoms. The van der Waals surface area contributed by atoms with Crippen LogP contribution in [0.3, 0.4) is 0 Å². The van der Waals surface area contributed by atoms with Crippen molar-refractivity contribution in [1.29, 1.82) is 0 Å². The van der Waals surface area contributed by atoms with Crippen molar-refractivity contribution in [3.05, 3.63) is 23.3 Å². The van der Waals surface area contributed by atoms with Crippen LogP contribution in [0.4, 0.5) is 0 Å². The molecule has 2 rings (SSSR count). The summed E-state index contributed by atoms with van der Waals surface area (Å²) in [6, 6.07) is 0. The first-order valence-electron chi connectivity index (χ1n) is 4.84. The highest BCUT2D eigenvalue weighted by Crippen LogP contribution is 2.32. The van der Waals surface area contributed by atoms with E-state index in [1.807, 2.05) is 13.8 Å². The van der Waals surface area contributed by atoms with Crippen molar-refractivity contribution in [1.82, 2.24) is 0 Å². The molecule has 0 amide bonds. The van der Waals surface area contributed by atoms with E-state index in [9.17, 15) is 0 Å². The SMILES string of the molecule is C1=CC2=C(CC1)CCC2.CC. The Kier molecular flexibility index (Phi) is 3.41. The van der Waals surface area contributed by atoms with Gasteiger partial charge < -0.3 is 0 Å². The van der Waals surface area contributed by atoms with Gasteiger partial charge in [0.2, 0.25) is 0 Å². The summed E-state index contributed by atoms with van der Waals surface area (Å²) in [6.45, 7) is 4.00. The van der Waals surface area contributed by atoms with Gasteiger partial charge in [0.25, 0.3) is 0 Å². The topological polar surface area (TPSA) is 0 Å². The summed E-state index contributed by atoms with van der Waals surface area (Å²) in [5.74, 6) is 0. The van der Waals surface area contributed by atoms with Gasteiger partial charge in [0.15, 0.2) is 0 Å². The Balaban J connectivity index is 0.000000281. The zero-order valence-corrected chi connectivity index (χ0v) is 7.69. The monoisotopic (exact) mass is 150 g/mol. The molecule has 0 unspecified atom stereocenters. The van der Waals surface area contributed by atoms with E-state index in [0.717, 1.165) is 0 Å². The lowest BCUT2D eigenvalue weighted by Gasteiger charge is -2.05. The summed E-state index contributed by atoms with van der Waals surface area (Å²) >= 11 is 0. The van der Waals surface area contributed by atoms with E-state index in [2.05, 4.69) is 12.2 Å². The molecule has 0 spiro atoms. The maximum atomic E-state index is 2.33. The van der Waals surface area contributed by atoms with E-state index >= 15 is 0 Å². The Bertz CT molecular complexity index is 172. The molecule has 0 heterocycles. The van der Waals surface area contributed by atoms with Crippen LogP contribution in [0.25, 0.3) is 0 Å². The van der Waals surface area contributed by atoms with Gasteiger partial charge in [-0.2, -0.15) is 0 Å². The van der Waals surface area contributed by atoms with Gasteiger partial charge in [-0.3, -0.25) is 0 Å². The molecule has 0 saturated carbocycles. The zero-order chi connectivity index (χ0) is 8.10. The largest absolute Gasteiger partial charge is 0.0839 e. The van der Waals surface area contributed by atoms with Crippen LogP contribution in [-0.2, 0) is 0 Å². The number of hydrogen-bond donors (Lipinski definition) is 0. The molecule has 0 aliphatic heterocycles. The maximum absolute atomic E-state index is 2.33. The Morgan fingerprint density at radius 2 is 1.91 bits per heavy atom. The van der Waals surface area contributed by atoms with Crippen molar-refractivity contribution >= 4 is 0 Å². The van der Waals surface area contributed by atoms with E-state index in [1.165, 1.54) is 32.1 Å². The molecule has 11 heavy (non-hydrogen) atoms. The summed E-state index contributed by atoms with van der Waals surface area (Å²) in [5.41, 5.74) is 3.40. The van der Waals surface area contributed by atoms with Gasteiger partial charge in [0, 0.05) is 0 Å². The van der Waals surface area contributed by atoms with Crippen LogP contribution in [-0.4, -0.2) is 0 Å². The molecule has 0 radical (unpaired) electrons. The molecule has 62 valence electrons. The van der Waals surface area contributed by atoms with Crippen LogP contribution >= 0.6 is 0 Å². The lowest BCUT2D eigenvalue weighted by Crippen LogP contribution is -1.85. The Morgan fingerprint density at radius 3 is 2.64 bits per heavy atom. The van der Waals surface area contributed by atoms with E-state index in [-0.39, 0.29) is 0 Å². The lowest BCUT2D eigenvalue weighted by molar-refractivity contribution is 0.858. The Morgan fingerprint density at radius 1 is 1.09 bits per heavy atom. The number of rotatable bonds is 0. The molecule has 0 aromatic rings. The van der Waals surface area contributed by atoms with Gasteiger partial charge in [0.05, 0.1) is 0 Å². The van der Waals surface area contributed by atoms with Gasteiger partial charge in [-0.25, -0.2) is 0 Å². The van der Waals surface area contributed by atoms with Gasteiger partial charge >= 0.3 is 0 Å². The third kappa shape index (κ3) is 1.95. The minimum atomic E-state index is 1.29. The normalized spacial score (nSPS) is 20.9. The van der Waals surface area contributed by atoms with Crippen LogP contribution in [0.15, 0.2) is 23.3 Å². The molecule has 0 bridgehead atoms. The highest BCUT2D eigenvalue weighted by molar-refractivity contribution is 5.32. The van der Waals surface area contributed by atoms with Crippen molar-refractivity contribution in [2.45, 2.75) is 46.0 Å². The molecule has 0 atom stereocenters. The zero-order valence-electron chi connectivity index (χ0n) is 7.69. The smallest absolute Gasteiger partial charge is 0.0276 e. The van der Waals surface area contributed by atoms with Crippen LogP contribution in [0.1, 0.15) is 46.0 Å². The first-order valence-corrected chi connectivity index (χ1v) is 4.84. The summed E-state index contributed by atoms with van der Waals surface area (Å²) in [7, 11) is 0. The molecule has 2 aliphatic carbocycles. The van der Waals surface area contributed by atoms with Crippen LogP contribution in [0.5, 0.6) is 0 Å². The lowest BCUT2D eigenvalue weighted by atomic mass is 10.0. The number of hydrogen-bond acceptors (Lipinski definition) is 0. The average molecular weight is 150 g/mol. The molecule has 0 fully saturated rings. The molecule has 2 aliphatic rings. The molecule has 0 nitrogen and oxygen atoms in total. The fraction of sp³-hybridized carbons (Fsp3) is 0.636. The Labute approximate surface area is 70.0 Å². The van der Waals surface area contributed by atoms with Gasteiger partial charge in [-0.1, -0.05) is 31.6 Å². The van der Waals surface area contributed by atoms with Crippen molar-refractivity contribution in [2.75, 3.05) is 0 Å². The minimum Gasteiger partial charge on any atom is -0.0839 e. The second-order valence-corrected chi connectivity index (χ2v) is 2.92. The summed E-state index contributed by atoms with van der Waals surface area (Å²) < 4.78 is 0. The van der Waals surface area contributed by atoms with Gasteiger partial charge in [-0.05, 0) is 37.7 Å². The van der Waals surface area contributed by atoms with E-state index < -0.39 is 0 Å². The highest BCUT2D eigenvalue weighted by atomic mass is 14.2. The summed E-state index contributed by atoms with van der Waals surface area (Å²) in [5, 5.41) is 0. The fourth-order valence-electron chi connectivity index (χ4n) is 1.80. The molecular formula is C11H18. The second-order valence-electron chi connectivity index (χ2n) is 2.92. The van der Waals surface area contributed by atoms with E-state index in [4.69, 9.17) is 0 Å². The predicted octanol–water partition coefficient (Wildman–Crippen LogP) is 3.84. The van der Waals surface area contributed by atoms with Crippen molar-refractivity contribution < 1.29 is 0 Å². The van der Waals surface area contributed by atoms with Crippen LogP contribution < -0.4 is 0 Å². The molecule has 0 saturated heterocycles. The van der Waals surface area contributed by atoms with Gasteiger partial charge in [0.1, 0.15) is 0 Å². The average Bonchev–Trinajstić information content (AvgIpc) is 2.55. The second kappa shape index (κ2) is 4.38. The first kappa shape index (κ1) is 8.58. The Hall–Kier alpha value is -0.520. The summed E-state index contributed by atoms with van der Waals surface area (Å²) in [4.78, 5) is 0. The quantitative estimate of drug-likeness (QED) is 0.492. The molecular weight excluding hydrogens is 132 g/mol. The molecule has 0 N–H and O–H groups in total. The van der Waals surface area contributed by atoms with Crippen molar-refractivity contribution in [2.24, 2.45) is 0 Å². The van der Waals surface area contributed by atoms with E-state index in [1.54, 1.807) is 11.1 Å². The molecule has 0 aromatic heterocycles. The van der Waals surface area contributed by atoms with Crippen LogP contribution in [0, 0.1) is 0 Å². The molecule has 0 aromatic carbocycles. The minimum absolute atomic E-state index is 1.29. The third-order valence-electron chi connectivity index (χ3n) is 2.31. The number of allylic oxidation sites excluding steroid dienone is 4. The van der Waals surface area contributed by atoms with Crippen molar-refractivity contribution in [3.8, 4) is 0 Å². The predicted molar refractivity (Wildman–Crippen MR) is 50.6 cm³/mol. The maximum Gasteiger partial charge on any atom is -0.0276 e. The highest BCUT2D eigenvalue weighted by Gasteiger charge is 2.13. The van der Waals surface area contributed by atoms with Crippen molar-refractivity contribution in [3.63, 3.8) is 0 Å². The fourth-order valence-corrected chi connectivity index (χ4v) is 1.80. The summed E-state index contributed by atoms with van der Waals surface area (Å²) in [6.07, 6.45) is 11.4. The van der Waals surface area contributed by atoms with Gasteiger partial charge in [-0.15, -0.1) is 0 Å². The van der Waals surface area contributed by atoms with E-state index in [0.29, 0.717) is 0 Å². The third-order valence-corrected chi connectivity index (χ3v) is 2.31.